The van der Waals surface area contributed by atoms with Gasteiger partial charge in [0.2, 0.25) is 0 Å². The summed E-state index contributed by atoms with van der Waals surface area (Å²) in [5, 5.41) is 6.27. The van der Waals surface area contributed by atoms with Crippen molar-refractivity contribution in [3.05, 3.63) is 17.4 Å². The number of nitrogens with zero attached hydrogens (tertiary/aromatic N) is 1. The van der Waals surface area contributed by atoms with Gasteiger partial charge in [-0.1, -0.05) is 11.6 Å². The van der Waals surface area contributed by atoms with E-state index in [9.17, 15) is 4.79 Å². The average Bonchev–Trinajstić information content (AvgIpc) is 2.72. The van der Waals surface area contributed by atoms with Gasteiger partial charge in [-0.05, 0) is 40.0 Å². The van der Waals surface area contributed by atoms with Gasteiger partial charge in [0.1, 0.15) is 10.8 Å². The summed E-state index contributed by atoms with van der Waals surface area (Å²) in [6.45, 7) is 5.37. The van der Waals surface area contributed by atoms with Crippen molar-refractivity contribution in [2.24, 2.45) is 0 Å². The number of amides is 1. The van der Waals surface area contributed by atoms with Crippen LogP contribution in [-0.4, -0.2) is 28.7 Å². The number of pyridine rings is 1. The Morgan fingerprint density at radius 1 is 1.55 bits per heavy atom. The third kappa shape index (κ3) is 4.94. The Bertz CT molecular complexity index is 593. The van der Waals surface area contributed by atoms with Gasteiger partial charge in [-0.3, -0.25) is 0 Å². The fourth-order valence-electron chi connectivity index (χ4n) is 2.32. The van der Waals surface area contributed by atoms with Gasteiger partial charge in [-0.25, -0.2) is 9.78 Å². The van der Waals surface area contributed by atoms with E-state index in [1.54, 1.807) is 26.8 Å². The number of anilines is 2. The number of rotatable bonds is 3. The van der Waals surface area contributed by atoms with E-state index >= 15 is 0 Å². The lowest BCUT2D eigenvalue weighted by molar-refractivity contribution is 0.0505. The Morgan fingerprint density at radius 2 is 2.27 bits per heavy atom. The standard InChI is InChI=1S/C15H23ClN4O2/c1-15(2,3)22-14(21)20-10-5-4-9(6-10)19-12-7-13(16)18-8-11(12)17/h7-10H,4-6,17H2,1-3H3,(H,18,19)(H,20,21)/t9-,10-/m1/s1/i10D. The Hall–Kier alpha value is -1.69. The Morgan fingerprint density at radius 3 is 2.95 bits per heavy atom. The van der Waals surface area contributed by atoms with Crippen molar-refractivity contribution >= 4 is 29.1 Å². The van der Waals surface area contributed by atoms with Gasteiger partial charge in [-0.15, -0.1) is 0 Å². The number of carbonyl (C=O) groups is 1. The maximum atomic E-state index is 11.9. The number of aromatic nitrogens is 1. The number of ether oxygens (including phenoxy) is 1. The number of hydrogen-bond acceptors (Lipinski definition) is 5. The first-order valence-corrected chi connectivity index (χ1v) is 7.63. The highest BCUT2D eigenvalue weighted by Crippen LogP contribution is 2.27. The van der Waals surface area contributed by atoms with Crippen LogP contribution in [0.5, 0.6) is 0 Å². The monoisotopic (exact) mass is 327 g/mol. The first kappa shape index (κ1) is 15.2. The van der Waals surface area contributed by atoms with Crippen LogP contribution in [0, 0.1) is 0 Å². The first-order chi connectivity index (χ1) is 10.6. The van der Waals surface area contributed by atoms with Crippen molar-refractivity contribution in [2.75, 3.05) is 11.1 Å². The van der Waals surface area contributed by atoms with Crippen molar-refractivity contribution in [1.29, 1.82) is 0 Å². The van der Waals surface area contributed by atoms with E-state index in [0.29, 0.717) is 29.4 Å². The molecule has 0 aromatic carbocycles. The van der Waals surface area contributed by atoms with E-state index in [1.807, 2.05) is 0 Å². The fourth-order valence-corrected chi connectivity index (χ4v) is 2.48. The second-order valence-electron chi connectivity index (χ2n) is 6.41. The van der Waals surface area contributed by atoms with E-state index < -0.39 is 17.7 Å². The molecule has 1 amide bonds. The summed E-state index contributed by atoms with van der Waals surface area (Å²) in [6.07, 6.45) is 2.64. The third-order valence-corrected chi connectivity index (χ3v) is 3.43. The number of carbonyl (C=O) groups excluding carboxylic acids is 1. The number of nitrogen functional groups attached to an aromatic ring is 1. The minimum absolute atomic E-state index is 0.0169. The third-order valence-electron chi connectivity index (χ3n) is 3.23. The van der Waals surface area contributed by atoms with Crippen molar-refractivity contribution in [1.82, 2.24) is 10.3 Å². The van der Waals surface area contributed by atoms with Gasteiger partial charge in [0.05, 0.1) is 18.9 Å². The highest BCUT2D eigenvalue weighted by Gasteiger charge is 2.28. The second kappa shape index (κ2) is 6.60. The smallest absolute Gasteiger partial charge is 0.407 e. The molecular weight excluding hydrogens is 304 g/mol. The van der Waals surface area contributed by atoms with Crippen molar-refractivity contribution in [2.45, 2.75) is 57.7 Å². The molecule has 1 aromatic heterocycles. The maximum Gasteiger partial charge on any atom is 0.407 e. The zero-order valence-corrected chi connectivity index (χ0v) is 13.8. The molecule has 1 aromatic rings. The van der Waals surface area contributed by atoms with Crippen molar-refractivity contribution in [3.8, 4) is 0 Å². The molecule has 1 fully saturated rings. The molecule has 0 saturated heterocycles. The zero-order valence-electron chi connectivity index (χ0n) is 14.1. The van der Waals surface area contributed by atoms with Crippen molar-refractivity contribution in [3.63, 3.8) is 0 Å². The molecule has 0 aliphatic heterocycles. The topological polar surface area (TPSA) is 89.3 Å². The normalized spacial score (nSPS) is 25.5. The predicted octanol–water partition coefficient (Wildman–Crippen LogP) is 3.17. The predicted molar refractivity (Wildman–Crippen MR) is 88.1 cm³/mol. The van der Waals surface area contributed by atoms with Crippen LogP contribution < -0.4 is 16.4 Å². The Balaban J connectivity index is 1.94. The minimum Gasteiger partial charge on any atom is -0.444 e. The molecule has 1 heterocycles. The molecule has 0 spiro atoms. The van der Waals surface area contributed by atoms with Crippen LogP contribution in [0.25, 0.3) is 0 Å². The summed E-state index contributed by atoms with van der Waals surface area (Å²) in [5.41, 5.74) is 6.47. The molecule has 2 atom stereocenters. The van der Waals surface area contributed by atoms with Gasteiger partial charge >= 0.3 is 6.09 Å². The lowest BCUT2D eigenvalue weighted by atomic mass is 10.2. The number of halogens is 1. The summed E-state index contributed by atoms with van der Waals surface area (Å²) in [5.74, 6) is 0. The van der Waals surface area contributed by atoms with E-state index in [4.69, 9.17) is 23.4 Å². The van der Waals surface area contributed by atoms with Gasteiger partial charge in [-0.2, -0.15) is 0 Å². The largest absolute Gasteiger partial charge is 0.444 e. The molecular formula is C15H23ClN4O2. The van der Waals surface area contributed by atoms with Crippen LogP contribution in [0.15, 0.2) is 12.3 Å². The van der Waals surface area contributed by atoms with Crippen LogP contribution in [0.1, 0.15) is 41.4 Å². The SMILES string of the molecule is [2H][C@@]1(NC(=O)OC(C)(C)C)CC[C@@H](Nc2cc(Cl)ncc2N)C1. The number of hydrogen-bond donors (Lipinski definition) is 3. The summed E-state index contributed by atoms with van der Waals surface area (Å²) in [4.78, 5) is 15.8. The number of alkyl carbamates (subject to hydrolysis) is 1. The summed E-state index contributed by atoms with van der Waals surface area (Å²) in [7, 11) is 0. The van der Waals surface area contributed by atoms with Gasteiger partial charge in [0.25, 0.3) is 0 Å². The summed E-state index contributed by atoms with van der Waals surface area (Å²) >= 11 is 5.87. The van der Waals surface area contributed by atoms with Gasteiger partial charge in [0, 0.05) is 18.1 Å². The molecule has 1 aliphatic carbocycles. The highest BCUT2D eigenvalue weighted by atomic mass is 35.5. The summed E-state index contributed by atoms with van der Waals surface area (Å²) < 4.78 is 13.6. The van der Waals surface area contributed by atoms with Crippen LogP contribution in [0.4, 0.5) is 16.2 Å². The molecule has 7 heteroatoms. The molecule has 0 unspecified atom stereocenters. The Labute approximate surface area is 137 Å². The first-order valence-electron chi connectivity index (χ1n) is 7.75. The highest BCUT2D eigenvalue weighted by molar-refractivity contribution is 6.29. The maximum absolute atomic E-state index is 11.9. The molecule has 2 rings (SSSR count). The number of nitrogens with two attached hydrogens (primary N) is 1. The molecule has 122 valence electrons. The quantitative estimate of drug-likeness (QED) is 0.742. The van der Waals surface area contributed by atoms with Crippen LogP contribution in [0.2, 0.25) is 5.15 Å². The van der Waals surface area contributed by atoms with E-state index in [2.05, 4.69) is 15.6 Å². The lowest BCUT2D eigenvalue weighted by Gasteiger charge is -2.22. The van der Waals surface area contributed by atoms with Crippen LogP contribution >= 0.6 is 11.6 Å². The fraction of sp³-hybridized carbons (Fsp3) is 0.600. The lowest BCUT2D eigenvalue weighted by Crippen LogP contribution is -2.38. The minimum atomic E-state index is -1.05. The molecule has 0 bridgehead atoms. The molecule has 6 nitrogen and oxygen atoms in total. The molecule has 0 radical (unpaired) electrons. The van der Waals surface area contributed by atoms with Gasteiger partial charge < -0.3 is 21.1 Å². The second-order valence-corrected chi connectivity index (χ2v) is 6.80. The van der Waals surface area contributed by atoms with E-state index in [-0.39, 0.29) is 6.04 Å². The van der Waals surface area contributed by atoms with Crippen LogP contribution in [0.3, 0.4) is 0 Å². The molecule has 22 heavy (non-hydrogen) atoms. The average molecular weight is 328 g/mol. The van der Waals surface area contributed by atoms with Crippen molar-refractivity contribution < 1.29 is 10.9 Å². The Kier molecular flexibility index (Phi) is 4.57. The summed E-state index contributed by atoms with van der Waals surface area (Å²) in [6, 6.07) is 0.622. The zero-order chi connectivity index (χ0) is 17.3. The molecule has 1 aliphatic rings. The number of nitrogens with one attached hydrogen (secondary N) is 2. The van der Waals surface area contributed by atoms with E-state index in [0.717, 1.165) is 6.42 Å². The van der Waals surface area contributed by atoms with Crippen LogP contribution in [-0.2, 0) is 4.74 Å². The van der Waals surface area contributed by atoms with E-state index in [1.165, 1.54) is 6.20 Å². The molecule has 1 saturated carbocycles. The van der Waals surface area contributed by atoms with Gasteiger partial charge in [0.15, 0.2) is 0 Å². The molecule has 4 N–H and O–H groups in total.